The maximum atomic E-state index is 3.79. The van der Waals surface area contributed by atoms with Crippen molar-refractivity contribution in [3.8, 4) is 0 Å². The van der Waals surface area contributed by atoms with E-state index >= 15 is 0 Å². The second kappa shape index (κ2) is 7.92. The average molecular weight is 289 g/mol. The molecule has 2 rings (SSSR count). The Morgan fingerprint density at radius 1 is 1.19 bits per heavy atom. The first kappa shape index (κ1) is 16.5. The molecule has 1 aromatic rings. The third kappa shape index (κ3) is 4.53. The zero-order valence-electron chi connectivity index (χ0n) is 14.1. The number of aryl methyl sites for hydroxylation is 1. The van der Waals surface area contributed by atoms with Crippen LogP contribution in [-0.2, 0) is 0 Å². The Kier molecular flexibility index (Phi) is 6.22. The molecule has 1 heterocycles. The summed E-state index contributed by atoms with van der Waals surface area (Å²) in [6.45, 7) is 8.99. The first-order valence-electron chi connectivity index (χ1n) is 8.30. The summed E-state index contributed by atoms with van der Waals surface area (Å²) in [6.07, 6.45) is 2.44. The van der Waals surface area contributed by atoms with Crippen LogP contribution in [0.3, 0.4) is 0 Å². The molecule has 1 fully saturated rings. The molecule has 21 heavy (non-hydrogen) atoms. The monoisotopic (exact) mass is 289 g/mol. The van der Waals surface area contributed by atoms with Gasteiger partial charge >= 0.3 is 0 Å². The molecule has 0 bridgehead atoms. The molecule has 0 spiro atoms. The number of nitrogens with one attached hydrogen (secondary N) is 1. The van der Waals surface area contributed by atoms with Gasteiger partial charge in [-0.3, -0.25) is 0 Å². The van der Waals surface area contributed by atoms with Gasteiger partial charge in [-0.1, -0.05) is 36.8 Å². The van der Waals surface area contributed by atoms with E-state index < -0.39 is 0 Å². The van der Waals surface area contributed by atoms with E-state index in [1.807, 2.05) is 0 Å². The second-order valence-corrected chi connectivity index (χ2v) is 6.51. The Balaban J connectivity index is 2.22. The van der Waals surface area contributed by atoms with Crippen LogP contribution in [-0.4, -0.2) is 56.1 Å². The summed E-state index contributed by atoms with van der Waals surface area (Å²) < 4.78 is 0. The molecule has 3 heteroatoms. The van der Waals surface area contributed by atoms with Gasteiger partial charge in [-0.2, -0.15) is 0 Å². The maximum absolute atomic E-state index is 3.79. The molecule has 118 valence electrons. The molecule has 1 N–H and O–H groups in total. The molecule has 1 saturated heterocycles. The van der Waals surface area contributed by atoms with Crippen molar-refractivity contribution >= 4 is 0 Å². The van der Waals surface area contributed by atoms with E-state index in [1.54, 1.807) is 0 Å². The van der Waals surface area contributed by atoms with Gasteiger partial charge in [0.15, 0.2) is 0 Å². The van der Waals surface area contributed by atoms with Crippen LogP contribution in [0.25, 0.3) is 0 Å². The summed E-state index contributed by atoms with van der Waals surface area (Å²) in [5, 5.41) is 3.79. The molecule has 0 amide bonds. The molecular formula is C18H31N3. The number of hydrogen-bond acceptors (Lipinski definition) is 3. The summed E-state index contributed by atoms with van der Waals surface area (Å²) >= 11 is 0. The highest BCUT2D eigenvalue weighted by atomic mass is 15.2. The minimum atomic E-state index is 0.413. The van der Waals surface area contributed by atoms with Gasteiger partial charge in [-0.05, 0) is 59.1 Å². The van der Waals surface area contributed by atoms with Crippen LogP contribution < -0.4 is 5.32 Å². The lowest BCUT2D eigenvalue weighted by Crippen LogP contribution is -2.47. The molecule has 0 aliphatic carbocycles. The highest BCUT2D eigenvalue weighted by Gasteiger charge is 2.29. The maximum Gasteiger partial charge on any atom is 0.0490 e. The Labute approximate surface area is 130 Å². The number of benzene rings is 1. The average Bonchev–Trinajstić information content (AvgIpc) is 2.63. The third-order valence-corrected chi connectivity index (χ3v) is 4.55. The molecule has 1 aliphatic heterocycles. The van der Waals surface area contributed by atoms with Crippen LogP contribution in [0.4, 0.5) is 0 Å². The Hall–Kier alpha value is -0.900. The summed E-state index contributed by atoms with van der Waals surface area (Å²) in [4.78, 5) is 5.01. The minimum absolute atomic E-state index is 0.413. The van der Waals surface area contributed by atoms with Gasteiger partial charge in [-0.25, -0.2) is 0 Å². The molecule has 0 saturated carbocycles. The van der Waals surface area contributed by atoms with Crippen LogP contribution in [0, 0.1) is 6.92 Å². The lowest BCUT2D eigenvalue weighted by atomic mass is 9.96. The SMILES string of the molecule is CCCNC(c1ccc(C)cc1)C1CN(C)CCCN1C. The fourth-order valence-electron chi connectivity index (χ4n) is 3.22. The Morgan fingerprint density at radius 3 is 2.57 bits per heavy atom. The fraction of sp³-hybridized carbons (Fsp3) is 0.667. The van der Waals surface area contributed by atoms with Gasteiger partial charge in [0.05, 0.1) is 0 Å². The van der Waals surface area contributed by atoms with Crippen molar-refractivity contribution < 1.29 is 0 Å². The third-order valence-electron chi connectivity index (χ3n) is 4.55. The minimum Gasteiger partial charge on any atom is -0.309 e. The number of hydrogen-bond donors (Lipinski definition) is 1. The van der Waals surface area contributed by atoms with Gasteiger partial charge in [0.1, 0.15) is 0 Å². The van der Waals surface area contributed by atoms with Gasteiger partial charge in [-0.15, -0.1) is 0 Å². The summed E-state index contributed by atoms with van der Waals surface area (Å²) in [7, 11) is 4.52. The number of likely N-dealkylation sites (N-methyl/N-ethyl adjacent to an activating group) is 2. The molecule has 3 nitrogen and oxygen atoms in total. The van der Waals surface area contributed by atoms with Gasteiger partial charge in [0.2, 0.25) is 0 Å². The zero-order valence-corrected chi connectivity index (χ0v) is 14.1. The standard InChI is InChI=1S/C18H31N3/c1-5-11-19-18(16-9-7-15(2)8-10-16)17-14-20(3)12-6-13-21(17)4/h7-10,17-19H,5-6,11-14H2,1-4H3. The molecular weight excluding hydrogens is 258 g/mol. The van der Waals surface area contributed by atoms with E-state index in [4.69, 9.17) is 0 Å². The van der Waals surface area contributed by atoms with E-state index in [9.17, 15) is 0 Å². The van der Waals surface area contributed by atoms with Crippen molar-refractivity contribution in [1.29, 1.82) is 0 Å². The first-order chi connectivity index (χ1) is 10.1. The van der Waals surface area contributed by atoms with E-state index in [0.717, 1.165) is 13.1 Å². The predicted octanol–water partition coefficient (Wildman–Crippen LogP) is 2.67. The zero-order chi connectivity index (χ0) is 15.2. The molecule has 0 aromatic heterocycles. The van der Waals surface area contributed by atoms with Crippen molar-refractivity contribution in [1.82, 2.24) is 15.1 Å². The second-order valence-electron chi connectivity index (χ2n) is 6.51. The van der Waals surface area contributed by atoms with Crippen LogP contribution in [0.15, 0.2) is 24.3 Å². The quantitative estimate of drug-likeness (QED) is 0.899. The highest BCUT2D eigenvalue weighted by Crippen LogP contribution is 2.23. The molecule has 1 aromatic carbocycles. The van der Waals surface area contributed by atoms with E-state index in [-0.39, 0.29) is 0 Å². The van der Waals surface area contributed by atoms with Crippen molar-refractivity contribution in [2.45, 2.75) is 38.8 Å². The van der Waals surface area contributed by atoms with Gasteiger partial charge in [0, 0.05) is 18.6 Å². The lowest BCUT2D eigenvalue weighted by molar-refractivity contribution is 0.178. The van der Waals surface area contributed by atoms with Crippen molar-refractivity contribution in [2.75, 3.05) is 40.3 Å². The van der Waals surface area contributed by atoms with E-state index in [0.29, 0.717) is 12.1 Å². The highest BCUT2D eigenvalue weighted by molar-refractivity contribution is 5.25. The van der Waals surface area contributed by atoms with Crippen LogP contribution in [0.2, 0.25) is 0 Å². The smallest absolute Gasteiger partial charge is 0.0490 e. The first-order valence-corrected chi connectivity index (χ1v) is 8.30. The van der Waals surface area contributed by atoms with Crippen molar-refractivity contribution in [3.05, 3.63) is 35.4 Å². The Bertz CT molecular complexity index is 415. The fourth-order valence-corrected chi connectivity index (χ4v) is 3.22. The number of rotatable bonds is 5. The van der Waals surface area contributed by atoms with Gasteiger partial charge in [0.25, 0.3) is 0 Å². The normalized spacial score (nSPS) is 23.0. The number of nitrogens with zero attached hydrogens (tertiary/aromatic N) is 2. The topological polar surface area (TPSA) is 18.5 Å². The van der Waals surface area contributed by atoms with Crippen LogP contribution >= 0.6 is 0 Å². The van der Waals surface area contributed by atoms with Crippen molar-refractivity contribution in [2.24, 2.45) is 0 Å². The van der Waals surface area contributed by atoms with Crippen LogP contribution in [0.1, 0.15) is 36.9 Å². The molecule has 2 atom stereocenters. The van der Waals surface area contributed by atoms with E-state index in [1.165, 1.54) is 37.1 Å². The van der Waals surface area contributed by atoms with Crippen LogP contribution in [0.5, 0.6) is 0 Å². The summed E-state index contributed by atoms with van der Waals surface area (Å²) in [5.74, 6) is 0. The Morgan fingerprint density at radius 2 is 1.90 bits per heavy atom. The predicted molar refractivity (Wildman–Crippen MR) is 90.7 cm³/mol. The summed E-state index contributed by atoms with van der Waals surface area (Å²) in [5.41, 5.74) is 2.75. The molecule has 2 unspecified atom stereocenters. The molecule has 0 radical (unpaired) electrons. The van der Waals surface area contributed by atoms with E-state index in [2.05, 4.69) is 67.3 Å². The lowest BCUT2D eigenvalue weighted by Gasteiger charge is -2.35. The van der Waals surface area contributed by atoms with Gasteiger partial charge < -0.3 is 15.1 Å². The molecule has 1 aliphatic rings. The summed E-state index contributed by atoms with van der Waals surface area (Å²) in [6, 6.07) is 10.00. The van der Waals surface area contributed by atoms with Crippen molar-refractivity contribution in [3.63, 3.8) is 0 Å². The largest absolute Gasteiger partial charge is 0.309 e.